The molecule has 2 aromatic carbocycles. The Hall–Kier alpha value is -2.00. The van der Waals surface area contributed by atoms with Gasteiger partial charge in [0.15, 0.2) is 6.04 Å². The number of hydrogen-bond donors (Lipinski definition) is 3. The zero-order chi connectivity index (χ0) is 19.5. The molecule has 2 atom stereocenters. The zero-order valence-electron chi connectivity index (χ0n) is 14.3. The fourth-order valence-corrected chi connectivity index (χ4v) is 3.08. The number of halogens is 2. The standard InChI is InChI=1S/C17H19ClFN3O3S/c1-11(22(2)10-14-15(18)4-3-5-16(14)19)17(23)21-12-6-8-13(9-7-12)26(20,24)25/h3-9,11H,10H2,1-2H3,(H,21,23)(H2,20,24,25)/p+1/t11-/m0/s1. The van der Waals surface area contributed by atoms with E-state index in [9.17, 15) is 17.6 Å². The topological polar surface area (TPSA) is 93.7 Å². The van der Waals surface area contributed by atoms with Crippen LogP contribution in [0.2, 0.25) is 5.02 Å². The minimum absolute atomic E-state index is 0.0412. The van der Waals surface area contributed by atoms with Crippen molar-refractivity contribution in [2.45, 2.75) is 24.4 Å². The van der Waals surface area contributed by atoms with Gasteiger partial charge >= 0.3 is 0 Å². The zero-order valence-corrected chi connectivity index (χ0v) is 15.9. The van der Waals surface area contributed by atoms with Crippen molar-refractivity contribution in [3.05, 3.63) is 58.9 Å². The van der Waals surface area contributed by atoms with Gasteiger partial charge in [0.25, 0.3) is 5.91 Å². The molecule has 26 heavy (non-hydrogen) atoms. The number of hydrogen-bond acceptors (Lipinski definition) is 3. The average Bonchev–Trinajstić information content (AvgIpc) is 2.57. The summed E-state index contributed by atoms with van der Waals surface area (Å²) in [5, 5.41) is 8.04. The van der Waals surface area contributed by atoms with Gasteiger partial charge in [-0.25, -0.2) is 17.9 Å². The molecule has 0 aliphatic rings. The maximum Gasteiger partial charge on any atom is 0.282 e. The van der Waals surface area contributed by atoms with Crippen LogP contribution in [0.15, 0.2) is 47.4 Å². The van der Waals surface area contributed by atoms with E-state index in [0.29, 0.717) is 16.3 Å². The fraction of sp³-hybridized carbons (Fsp3) is 0.235. The Morgan fingerprint density at radius 2 is 1.88 bits per heavy atom. The van der Waals surface area contributed by atoms with Crippen molar-refractivity contribution in [2.24, 2.45) is 5.14 Å². The molecule has 0 aliphatic carbocycles. The van der Waals surface area contributed by atoms with Crippen molar-refractivity contribution in [1.82, 2.24) is 0 Å². The van der Waals surface area contributed by atoms with Gasteiger partial charge in [-0.1, -0.05) is 17.7 Å². The Kier molecular flexibility index (Phi) is 6.35. The van der Waals surface area contributed by atoms with Crippen molar-refractivity contribution >= 4 is 33.2 Å². The number of anilines is 1. The first kappa shape index (κ1) is 20.3. The van der Waals surface area contributed by atoms with E-state index < -0.39 is 21.9 Å². The quantitative estimate of drug-likeness (QED) is 0.679. The summed E-state index contributed by atoms with van der Waals surface area (Å²) in [7, 11) is -2.02. The number of nitrogens with one attached hydrogen (secondary N) is 2. The first-order chi connectivity index (χ1) is 12.1. The lowest BCUT2D eigenvalue weighted by Crippen LogP contribution is -3.12. The summed E-state index contributed by atoms with van der Waals surface area (Å²) in [6.07, 6.45) is 0. The van der Waals surface area contributed by atoms with E-state index in [-0.39, 0.29) is 17.3 Å². The molecule has 0 aliphatic heterocycles. The van der Waals surface area contributed by atoms with E-state index in [1.165, 1.54) is 36.4 Å². The molecule has 0 aromatic heterocycles. The number of sulfonamides is 1. The van der Waals surface area contributed by atoms with Gasteiger partial charge < -0.3 is 10.2 Å². The number of quaternary nitrogens is 1. The minimum atomic E-state index is -3.79. The summed E-state index contributed by atoms with van der Waals surface area (Å²) in [5.74, 6) is -0.707. The molecule has 9 heteroatoms. The van der Waals surface area contributed by atoms with E-state index in [4.69, 9.17) is 16.7 Å². The summed E-state index contributed by atoms with van der Waals surface area (Å²) in [6, 6.07) is 9.48. The molecule has 0 radical (unpaired) electrons. The number of amides is 1. The SMILES string of the molecule is C[C@@H](C(=O)Nc1ccc(S(N)(=O)=O)cc1)[NH+](C)Cc1c(F)cccc1Cl. The molecule has 0 saturated heterocycles. The third-order valence-corrected chi connectivity index (χ3v) is 5.38. The first-order valence-corrected chi connectivity index (χ1v) is 9.71. The van der Waals surface area contributed by atoms with E-state index in [1.54, 1.807) is 20.0 Å². The maximum atomic E-state index is 13.9. The van der Waals surface area contributed by atoms with Crippen LogP contribution in [0.25, 0.3) is 0 Å². The second-order valence-electron chi connectivity index (χ2n) is 6.00. The highest BCUT2D eigenvalue weighted by atomic mass is 35.5. The van der Waals surface area contributed by atoms with Gasteiger partial charge in [0.1, 0.15) is 12.4 Å². The van der Waals surface area contributed by atoms with Crippen molar-refractivity contribution in [2.75, 3.05) is 12.4 Å². The minimum Gasteiger partial charge on any atom is -0.323 e. The van der Waals surface area contributed by atoms with Crippen LogP contribution in [-0.2, 0) is 21.4 Å². The molecule has 140 valence electrons. The van der Waals surface area contributed by atoms with Gasteiger partial charge in [0.2, 0.25) is 10.0 Å². The molecule has 0 heterocycles. The van der Waals surface area contributed by atoms with Gasteiger partial charge in [-0.3, -0.25) is 4.79 Å². The Morgan fingerprint density at radius 3 is 2.42 bits per heavy atom. The molecule has 1 amide bonds. The van der Waals surface area contributed by atoms with E-state index in [2.05, 4.69) is 5.32 Å². The number of primary sulfonamides is 1. The first-order valence-electron chi connectivity index (χ1n) is 7.78. The number of carbonyl (C=O) groups is 1. The van der Waals surface area contributed by atoms with Crippen LogP contribution in [0, 0.1) is 5.82 Å². The van der Waals surface area contributed by atoms with Gasteiger partial charge in [-0.15, -0.1) is 0 Å². The highest BCUT2D eigenvalue weighted by molar-refractivity contribution is 7.89. The molecular formula is C17H20ClFN3O3S+. The van der Waals surface area contributed by atoms with Crippen molar-refractivity contribution < 1.29 is 22.5 Å². The highest BCUT2D eigenvalue weighted by Crippen LogP contribution is 2.18. The molecule has 6 nitrogen and oxygen atoms in total. The summed E-state index contributed by atoms with van der Waals surface area (Å²) in [5.41, 5.74) is 0.787. The Morgan fingerprint density at radius 1 is 1.27 bits per heavy atom. The van der Waals surface area contributed by atoms with Crippen LogP contribution in [0.4, 0.5) is 10.1 Å². The number of rotatable bonds is 6. The largest absolute Gasteiger partial charge is 0.323 e. The van der Waals surface area contributed by atoms with Crippen molar-refractivity contribution in [3.63, 3.8) is 0 Å². The maximum absolute atomic E-state index is 13.9. The number of likely N-dealkylation sites (N-methyl/N-ethyl adjacent to an activating group) is 1. The van der Waals surface area contributed by atoms with Crippen LogP contribution in [0.3, 0.4) is 0 Å². The van der Waals surface area contributed by atoms with Gasteiger partial charge in [-0.05, 0) is 43.3 Å². The molecular weight excluding hydrogens is 381 g/mol. The third kappa shape index (κ3) is 5.01. The number of nitrogens with two attached hydrogens (primary N) is 1. The molecule has 0 saturated carbocycles. The van der Waals surface area contributed by atoms with Crippen molar-refractivity contribution in [1.29, 1.82) is 0 Å². The van der Waals surface area contributed by atoms with E-state index >= 15 is 0 Å². The van der Waals surface area contributed by atoms with E-state index in [1.807, 2.05) is 0 Å². The Labute approximate surface area is 156 Å². The lowest BCUT2D eigenvalue weighted by Gasteiger charge is -2.22. The molecule has 4 N–H and O–H groups in total. The smallest absolute Gasteiger partial charge is 0.282 e. The number of benzene rings is 2. The Balaban J connectivity index is 2.04. The van der Waals surface area contributed by atoms with Crippen LogP contribution in [-0.4, -0.2) is 27.4 Å². The second kappa shape index (κ2) is 8.13. The summed E-state index contributed by atoms with van der Waals surface area (Å²) < 4.78 is 36.4. The summed E-state index contributed by atoms with van der Waals surface area (Å²) in [4.78, 5) is 13.1. The second-order valence-corrected chi connectivity index (χ2v) is 7.97. The third-order valence-electron chi connectivity index (χ3n) is 4.10. The lowest BCUT2D eigenvalue weighted by atomic mass is 10.1. The highest BCUT2D eigenvalue weighted by Gasteiger charge is 2.24. The fourth-order valence-electron chi connectivity index (χ4n) is 2.34. The van der Waals surface area contributed by atoms with Gasteiger partial charge in [-0.2, -0.15) is 0 Å². The monoisotopic (exact) mass is 400 g/mol. The van der Waals surface area contributed by atoms with Gasteiger partial charge in [0, 0.05) is 5.69 Å². The summed E-state index contributed by atoms with van der Waals surface area (Å²) >= 11 is 6.03. The molecule has 0 bridgehead atoms. The van der Waals surface area contributed by atoms with Gasteiger partial charge in [0.05, 0.1) is 22.5 Å². The molecule has 2 aromatic rings. The van der Waals surface area contributed by atoms with Crippen LogP contribution in [0.5, 0.6) is 0 Å². The lowest BCUT2D eigenvalue weighted by molar-refractivity contribution is -0.908. The summed E-state index contributed by atoms with van der Waals surface area (Å²) in [6.45, 7) is 1.95. The normalized spacial score (nSPS) is 13.9. The van der Waals surface area contributed by atoms with Crippen LogP contribution < -0.4 is 15.4 Å². The average molecular weight is 401 g/mol. The van der Waals surface area contributed by atoms with E-state index in [0.717, 1.165) is 4.90 Å². The number of carbonyl (C=O) groups excluding carboxylic acids is 1. The molecule has 0 spiro atoms. The van der Waals surface area contributed by atoms with Crippen molar-refractivity contribution in [3.8, 4) is 0 Å². The molecule has 0 fully saturated rings. The molecule has 1 unspecified atom stereocenters. The Bertz CT molecular complexity index is 884. The van der Waals surface area contributed by atoms with Crippen LogP contribution in [0.1, 0.15) is 12.5 Å². The predicted octanol–water partition coefficient (Wildman–Crippen LogP) is 1.17. The van der Waals surface area contributed by atoms with Crippen LogP contribution >= 0.6 is 11.6 Å². The molecule has 2 rings (SSSR count). The predicted molar refractivity (Wildman–Crippen MR) is 97.9 cm³/mol.